The number of esters is 1. The van der Waals surface area contributed by atoms with Gasteiger partial charge in [0.15, 0.2) is 6.29 Å². The molecular formula is C31H60N2O6. The Bertz CT molecular complexity index is 588. The summed E-state index contributed by atoms with van der Waals surface area (Å²) in [5.41, 5.74) is 0. The SMILES string of the molecule is CCCCCCCCOC(CCC(=O)OCC(C)COC(=O)NCC1CCN(C)C1)OCCCCCCCC. The van der Waals surface area contributed by atoms with Crippen molar-refractivity contribution in [2.45, 2.75) is 123 Å². The van der Waals surface area contributed by atoms with Gasteiger partial charge in [-0.05, 0) is 38.8 Å². The summed E-state index contributed by atoms with van der Waals surface area (Å²) < 4.78 is 22.7. The smallest absolute Gasteiger partial charge is 0.407 e. The molecule has 1 rings (SSSR count). The molecule has 1 aliphatic heterocycles. The highest BCUT2D eigenvalue weighted by Crippen LogP contribution is 2.14. The number of nitrogens with zero attached hydrogens (tertiary/aromatic N) is 1. The van der Waals surface area contributed by atoms with Crippen molar-refractivity contribution in [3.05, 3.63) is 0 Å². The van der Waals surface area contributed by atoms with Crippen molar-refractivity contribution in [3.63, 3.8) is 0 Å². The zero-order chi connectivity index (χ0) is 28.6. The largest absolute Gasteiger partial charge is 0.465 e. The van der Waals surface area contributed by atoms with Gasteiger partial charge in [-0.25, -0.2) is 4.79 Å². The molecule has 1 saturated heterocycles. The van der Waals surface area contributed by atoms with Gasteiger partial charge in [-0.2, -0.15) is 0 Å². The Morgan fingerprint density at radius 1 is 0.846 bits per heavy atom. The minimum absolute atomic E-state index is 0.0685. The molecule has 0 bridgehead atoms. The van der Waals surface area contributed by atoms with Crippen LogP contribution in [0.1, 0.15) is 117 Å². The summed E-state index contributed by atoms with van der Waals surface area (Å²) in [6.45, 7) is 10.8. The van der Waals surface area contributed by atoms with E-state index in [0.717, 1.165) is 32.4 Å². The van der Waals surface area contributed by atoms with E-state index >= 15 is 0 Å². The summed E-state index contributed by atoms with van der Waals surface area (Å²) in [6, 6.07) is 0. The zero-order valence-electron chi connectivity index (χ0n) is 25.7. The van der Waals surface area contributed by atoms with Crippen molar-refractivity contribution in [2.24, 2.45) is 11.8 Å². The number of carbonyl (C=O) groups is 2. The third-order valence-corrected chi connectivity index (χ3v) is 7.24. The topological polar surface area (TPSA) is 86.3 Å². The van der Waals surface area contributed by atoms with Gasteiger partial charge in [-0.3, -0.25) is 4.79 Å². The fourth-order valence-corrected chi connectivity index (χ4v) is 4.69. The Kier molecular flexibility index (Phi) is 22.3. The quantitative estimate of drug-likeness (QED) is 0.0760. The molecule has 1 fully saturated rings. The van der Waals surface area contributed by atoms with Crippen molar-refractivity contribution in [2.75, 3.05) is 53.1 Å². The summed E-state index contributed by atoms with van der Waals surface area (Å²) in [4.78, 5) is 26.6. The summed E-state index contributed by atoms with van der Waals surface area (Å²) in [5, 5.41) is 2.84. The van der Waals surface area contributed by atoms with E-state index in [-0.39, 0.29) is 37.8 Å². The van der Waals surface area contributed by atoms with Crippen LogP contribution in [0.5, 0.6) is 0 Å². The van der Waals surface area contributed by atoms with E-state index in [4.69, 9.17) is 18.9 Å². The van der Waals surface area contributed by atoms with Gasteiger partial charge in [0, 0.05) is 38.6 Å². The predicted molar refractivity (Wildman–Crippen MR) is 157 cm³/mol. The van der Waals surface area contributed by atoms with E-state index < -0.39 is 6.09 Å². The van der Waals surface area contributed by atoms with E-state index in [1.807, 2.05) is 6.92 Å². The number of hydrogen-bond acceptors (Lipinski definition) is 7. The van der Waals surface area contributed by atoms with Gasteiger partial charge in [-0.15, -0.1) is 0 Å². The highest BCUT2D eigenvalue weighted by Gasteiger charge is 2.20. The third kappa shape index (κ3) is 21.1. The number of likely N-dealkylation sites (tertiary alicyclic amines) is 1. The Morgan fingerprint density at radius 3 is 1.97 bits per heavy atom. The molecule has 8 nitrogen and oxygen atoms in total. The third-order valence-electron chi connectivity index (χ3n) is 7.24. The second kappa shape index (κ2) is 24.4. The van der Waals surface area contributed by atoms with Crippen molar-refractivity contribution >= 4 is 12.1 Å². The average molecular weight is 557 g/mol. The highest BCUT2D eigenvalue weighted by molar-refractivity contribution is 5.69. The van der Waals surface area contributed by atoms with Crippen LogP contribution in [0.3, 0.4) is 0 Å². The molecule has 1 aliphatic rings. The van der Waals surface area contributed by atoms with Gasteiger partial charge in [0.2, 0.25) is 0 Å². The Labute approximate surface area is 239 Å². The molecule has 8 heteroatoms. The maximum Gasteiger partial charge on any atom is 0.407 e. The fourth-order valence-electron chi connectivity index (χ4n) is 4.69. The summed E-state index contributed by atoms with van der Waals surface area (Å²) >= 11 is 0. The number of nitrogens with one attached hydrogen (secondary N) is 1. The first-order valence-corrected chi connectivity index (χ1v) is 15.9. The molecule has 2 atom stereocenters. The van der Waals surface area contributed by atoms with Crippen LogP contribution >= 0.6 is 0 Å². The first-order valence-electron chi connectivity index (χ1n) is 15.9. The lowest BCUT2D eigenvalue weighted by Gasteiger charge is -2.19. The minimum atomic E-state index is -0.407. The maximum atomic E-state index is 12.4. The lowest BCUT2D eigenvalue weighted by molar-refractivity contribution is -0.160. The first kappa shape index (κ1) is 35.6. The van der Waals surface area contributed by atoms with Crippen molar-refractivity contribution in [1.29, 1.82) is 0 Å². The van der Waals surface area contributed by atoms with Crippen LogP contribution in [0.4, 0.5) is 4.79 Å². The number of ether oxygens (including phenoxy) is 4. The standard InChI is InChI=1S/C31H60N2O6/c1-5-7-9-11-13-15-21-36-30(37-22-16-14-12-10-8-6-2)18-17-29(34)38-25-27(3)26-39-31(35)32-23-28-19-20-33(4)24-28/h27-28,30H,5-26H2,1-4H3,(H,32,35). The van der Waals surface area contributed by atoms with Crippen molar-refractivity contribution in [3.8, 4) is 0 Å². The summed E-state index contributed by atoms with van der Waals surface area (Å²) in [5.74, 6) is 0.142. The number of rotatable bonds is 25. The lowest BCUT2D eigenvalue weighted by Crippen LogP contribution is -2.32. The van der Waals surface area contributed by atoms with Crippen LogP contribution in [-0.4, -0.2) is 76.4 Å². The van der Waals surface area contributed by atoms with E-state index in [2.05, 4.69) is 31.1 Å². The second-order valence-electron chi connectivity index (χ2n) is 11.4. The van der Waals surface area contributed by atoms with Crippen LogP contribution in [0.15, 0.2) is 0 Å². The van der Waals surface area contributed by atoms with Gasteiger partial charge in [-0.1, -0.05) is 85.0 Å². The first-order chi connectivity index (χ1) is 18.9. The normalized spacial score (nSPS) is 16.5. The summed E-state index contributed by atoms with van der Waals surface area (Å²) in [7, 11) is 2.09. The van der Waals surface area contributed by atoms with E-state index in [1.54, 1.807) is 0 Å². The Hall–Kier alpha value is -1.38. The predicted octanol–water partition coefficient (Wildman–Crippen LogP) is 6.70. The van der Waals surface area contributed by atoms with Crippen LogP contribution in [0, 0.1) is 11.8 Å². The monoisotopic (exact) mass is 556 g/mol. The molecule has 0 aromatic heterocycles. The Balaban J connectivity index is 2.21. The van der Waals surface area contributed by atoms with Gasteiger partial charge >= 0.3 is 12.1 Å². The van der Waals surface area contributed by atoms with Crippen molar-refractivity contribution in [1.82, 2.24) is 10.2 Å². The second-order valence-corrected chi connectivity index (χ2v) is 11.4. The van der Waals surface area contributed by atoms with Crippen molar-refractivity contribution < 1.29 is 28.5 Å². The number of carbonyl (C=O) groups excluding carboxylic acids is 2. The maximum absolute atomic E-state index is 12.4. The van der Waals surface area contributed by atoms with Crippen LogP contribution in [0.2, 0.25) is 0 Å². The number of unbranched alkanes of at least 4 members (excludes halogenated alkanes) is 10. The van der Waals surface area contributed by atoms with Crippen LogP contribution in [-0.2, 0) is 23.7 Å². The fraction of sp³-hybridized carbons (Fsp3) is 0.935. The molecule has 0 aliphatic carbocycles. The van der Waals surface area contributed by atoms with Gasteiger partial charge in [0.25, 0.3) is 0 Å². The summed E-state index contributed by atoms with van der Waals surface area (Å²) in [6.07, 6.45) is 15.6. The molecule has 0 saturated carbocycles. The molecule has 0 aromatic carbocycles. The molecular weight excluding hydrogens is 496 g/mol. The van der Waals surface area contributed by atoms with Gasteiger partial charge in [0.05, 0.1) is 19.6 Å². The Morgan fingerprint density at radius 2 is 1.41 bits per heavy atom. The molecule has 0 radical (unpaired) electrons. The van der Waals surface area contributed by atoms with Crippen LogP contribution < -0.4 is 5.32 Å². The molecule has 39 heavy (non-hydrogen) atoms. The molecule has 1 heterocycles. The van der Waals surface area contributed by atoms with Crippen LogP contribution in [0.25, 0.3) is 0 Å². The average Bonchev–Trinajstić information content (AvgIpc) is 3.35. The molecule has 0 aromatic rings. The molecule has 1 amide bonds. The van der Waals surface area contributed by atoms with E-state index in [1.165, 1.54) is 64.2 Å². The van der Waals surface area contributed by atoms with E-state index in [9.17, 15) is 9.59 Å². The number of hydrogen-bond donors (Lipinski definition) is 1. The highest BCUT2D eigenvalue weighted by atomic mass is 16.7. The van der Waals surface area contributed by atoms with E-state index in [0.29, 0.717) is 32.1 Å². The molecule has 1 N–H and O–H groups in total. The number of amides is 1. The lowest BCUT2D eigenvalue weighted by atomic mass is 10.1. The molecule has 2 unspecified atom stereocenters. The molecule has 230 valence electrons. The van der Waals surface area contributed by atoms with Gasteiger partial charge < -0.3 is 29.2 Å². The molecule has 0 spiro atoms. The number of alkyl carbamates (subject to hydrolysis) is 1. The zero-order valence-corrected chi connectivity index (χ0v) is 25.7. The van der Waals surface area contributed by atoms with Gasteiger partial charge in [0.1, 0.15) is 0 Å². The minimum Gasteiger partial charge on any atom is -0.465 e.